The average molecular weight is 406 g/mol. The molecular weight excluding hydrogens is 366 g/mol. The molecule has 0 unspecified atom stereocenters. The first-order valence-electron chi connectivity index (χ1n) is 9.61. The fraction of sp³-hybridized carbons (Fsp3) is 0.947. The van der Waals surface area contributed by atoms with Crippen LogP contribution in [0.4, 0.5) is 4.79 Å². The Morgan fingerprint density at radius 3 is 2.27 bits per heavy atom. The third kappa shape index (κ3) is 7.41. The minimum Gasteiger partial charge on any atom is -0.444 e. The van der Waals surface area contributed by atoms with E-state index in [4.69, 9.17) is 14.3 Å². The normalized spacial score (nSPS) is 22.0. The number of rotatable bonds is 7. The van der Waals surface area contributed by atoms with Gasteiger partial charge in [-0.25, -0.2) is 4.79 Å². The fourth-order valence-corrected chi connectivity index (χ4v) is 4.86. The predicted molar refractivity (Wildman–Crippen MR) is 112 cm³/mol. The van der Waals surface area contributed by atoms with E-state index in [1.807, 2.05) is 25.7 Å². The second kappa shape index (κ2) is 9.30. The molecule has 1 fully saturated rings. The number of aliphatic hydroxyl groups is 1. The molecule has 26 heavy (non-hydrogen) atoms. The van der Waals surface area contributed by atoms with Gasteiger partial charge in [-0.15, -0.1) is 0 Å². The standard InChI is InChI=1S/C19H39NO4SSi/c1-18(2,3)23-17(22)20-13-15(9-11-25-12-10-21)16(14-20)24-26(7,8)19(4,5)6/h15-16,21H,9-14H2,1-8H3/t15-,16-/m0/s1. The van der Waals surface area contributed by atoms with E-state index in [0.29, 0.717) is 19.0 Å². The van der Waals surface area contributed by atoms with E-state index in [9.17, 15) is 4.79 Å². The summed E-state index contributed by atoms with van der Waals surface area (Å²) in [5, 5.41) is 9.11. The Morgan fingerprint density at radius 1 is 1.15 bits per heavy atom. The second-order valence-corrected chi connectivity index (χ2v) is 15.7. The van der Waals surface area contributed by atoms with E-state index >= 15 is 0 Å². The van der Waals surface area contributed by atoms with Crippen LogP contribution in [0, 0.1) is 5.92 Å². The topological polar surface area (TPSA) is 59.0 Å². The molecule has 154 valence electrons. The highest BCUT2D eigenvalue weighted by Crippen LogP contribution is 2.39. The van der Waals surface area contributed by atoms with Gasteiger partial charge in [0.05, 0.1) is 12.7 Å². The van der Waals surface area contributed by atoms with Gasteiger partial charge in [0.15, 0.2) is 8.32 Å². The van der Waals surface area contributed by atoms with Crippen LogP contribution in [0.3, 0.4) is 0 Å². The molecule has 1 heterocycles. The third-order valence-corrected chi connectivity index (χ3v) is 10.7. The first-order valence-corrected chi connectivity index (χ1v) is 13.7. The molecule has 1 aliphatic heterocycles. The minimum atomic E-state index is -1.90. The molecule has 0 saturated carbocycles. The molecule has 1 saturated heterocycles. The van der Waals surface area contributed by atoms with Crippen molar-refractivity contribution in [2.45, 2.75) is 77.8 Å². The fourth-order valence-electron chi connectivity index (χ4n) is 2.68. The van der Waals surface area contributed by atoms with Gasteiger partial charge in [0, 0.05) is 24.8 Å². The molecule has 1 amide bonds. The zero-order chi connectivity index (χ0) is 20.2. The van der Waals surface area contributed by atoms with Gasteiger partial charge in [0.1, 0.15) is 5.60 Å². The molecule has 0 aromatic heterocycles. The van der Waals surface area contributed by atoms with Crippen molar-refractivity contribution in [3.63, 3.8) is 0 Å². The van der Waals surface area contributed by atoms with E-state index in [1.165, 1.54) is 0 Å². The number of nitrogens with zero attached hydrogens (tertiary/aromatic N) is 1. The number of hydrogen-bond donors (Lipinski definition) is 1. The van der Waals surface area contributed by atoms with Crippen molar-refractivity contribution in [2.24, 2.45) is 5.92 Å². The molecule has 0 aromatic rings. The van der Waals surface area contributed by atoms with Crippen LogP contribution in [0.15, 0.2) is 0 Å². The molecular formula is C19H39NO4SSi. The van der Waals surface area contributed by atoms with Gasteiger partial charge in [-0.3, -0.25) is 0 Å². The van der Waals surface area contributed by atoms with Gasteiger partial charge in [0.25, 0.3) is 0 Å². The molecule has 5 nitrogen and oxygen atoms in total. The summed E-state index contributed by atoms with van der Waals surface area (Å²) in [6.45, 7) is 18.5. The zero-order valence-corrected chi connectivity index (χ0v) is 19.7. The predicted octanol–water partition coefficient (Wildman–Crippen LogP) is 4.36. The molecule has 0 bridgehead atoms. The molecule has 2 atom stereocenters. The van der Waals surface area contributed by atoms with E-state index in [0.717, 1.165) is 17.9 Å². The lowest BCUT2D eigenvalue weighted by Gasteiger charge is -2.39. The highest BCUT2D eigenvalue weighted by Gasteiger charge is 2.44. The summed E-state index contributed by atoms with van der Waals surface area (Å²) < 4.78 is 12.2. The molecule has 1 rings (SSSR count). The first-order chi connectivity index (χ1) is 11.8. The van der Waals surface area contributed by atoms with Crippen molar-refractivity contribution in [1.29, 1.82) is 0 Å². The van der Waals surface area contributed by atoms with Crippen LogP contribution in [0.1, 0.15) is 48.0 Å². The number of amides is 1. The number of hydrogen-bond acceptors (Lipinski definition) is 5. The van der Waals surface area contributed by atoms with E-state index in [1.54, 1.807) is 11.8 Å². The van der Waals surface area contributed by atoms with Crippen LogP contribution >= 0.6 is 11.8 Å². The Morgan fingerprint density at radius 2 is 1.77 bits per heavy atom. The highest BCUT2D eigenvalue weighted by molar-refractivity contribution is 7.99. The number of carbonyl (C=O) groups excluding carboxylic acids is 1. The van der Waals surface area contributed by atoms with Gasteiger partial charge >= 0.3 is 6.09 Å². The summed E-state index contributed by atoms with van der Waals surface area (Å²) >= 11 is 1.76. The van der Waals surface area contributed by atoms with Gasteiger partial charge in [-0.1, -0.05) is 20.8 Å². The molecule has 0 spiro atoms. The first kappa shape index (κ1) is 23.8. The van der Waals surface area contributed by atoms with Crippen molar-refractivity contribution in [2.75, 3.05) is 31.2 Å². The van der Waals surface area contributed by atoms with Gasteiger partial charge in [0.2, 0.25) is 0 Å². The molecule has 0 radical (unpaired) electrons. The summed E-state index contributed by atoms with van der Waals surface area (Å²) in [5.74, 6) is 2.06. The number of likely N-dealkylation sites (tertiary alicyclic amines) is 1. The summed E-state index contributed by atoms with van der Waals surface area (Å²) in [5.41, 5.74) is -0.484. The SMILES string of the molecule is CC(C)(C)OC(=O)N1C[C@H](CCSCCO)[C@@H](O[Si](C)(C)C(C)(C)C)C1. The number of carbonyl (C=O) groups is 1. The van der Waals surface area contributed by atoms with Crippen molar-refractivity contribution >= 4 is 26.2 Å². The molecule has 0 aliphatic carbocycles. The summed E-state index contributed by atoms with van der Waals surface area (Å²) in [6, 6.07) is 0. The van der Waals surface area contributed by atoms with Crippen LogP contribution in [-0.2, 0) is 9.16 Å². The van der Waals surface area contributed by atoms with Crippen molar-refractivity contribution in [3.05, 3.63) is 0 Å². The maximum atomic E-state index is 12.5. The van der Waals surface area contributed by atoms with E-state index in [2.05, 4.69) is 33.9 Å². The van der Waals surface area contributed by atoms with Crippen LogP contribution in [0.2, 0.25) is 18.1 Å². The Hall–Kier alpha value is -0.243. The van der Waals surface area contributed by atoms with Crippen molar-refractivity contribution in [1.82, 2.24) is 4.90 Å². The Labute approximate surface area is 165 Å². The smallest absolute Gasteiger partial charge is 0.410 e. The Bertz CT molecular complexity index is 459. The molecule has 0 aromatic carbocycles. The molecule has 1 aliphatic rings. The van der Waals surface area contributed by atoms with Crippen LogP contribution in [0.25, 0.3) is 0 Å². The van der Waals surface area contributed by atoms with E-state index in [-0.39, 0.29) is 23.8 Å². The largest absolute Gasteiger partial charge is 0.444 e. The van der Waals surface area contributed by atoms with Gasteiger partial charge < -0.3 is 19.2 Å². The third-order valence-electron chi connectivity index (χ3n) is 5.15. The average Bonchev–Trinajstić information content (AvgIpc) is 2.83. The van der Waals surface area contributed by atoms with Gasteiger partial charge in [-0.2, -0.15) is 11.8 Å². The maximum Gasteiger partial charge on any atom is 0.410 e. The van der Waals surface area contributed by atoms with Gasteiger partial charge in [-0.05, 0) is 51.1 Å². The Kier molecular flexibility index (Phi) is 8.51. The Balaban J connectivity index is 2.80. The zero-order valence-electron chi connectivity index (χ0n) is 17.9. The number of aliphatic hydroxyl groups excluding tert-OH is 1. The molecule has 7 heteroatoms. The summed E-state index contributed by atoms with van der Waals surface area (Å²) in [7, 11) is -1.90. The van der Waals surface area contributed by atoms with Crippen molar-refractivity contribution in [3.8, 4) is 0 Å². The number of thioether (sulfide) groups is 1. The monoisotopic (exact) mass is 405 g/mol. The lowest BCUT2D eigenvalue weighted by Crippen LogP contribution is -2.46. The lowest BCUT2D eigenvalue weighted by atomic mass is 10.0. The second-order valence-electron chi connectivity index (χ2n) is 9.69. The van der Waals surface area contributed by atoms with Crippen LogP contribution in [0.5, 0.6) is 0 Å². The quantitative estimate of drug-likeness (QED) is 0.504. The van der Waals surface area contributed by atoms with Crippen molar-refractivity contribution < 1.29 is 19.1 Å². The van der Waals surface area contributed by atoms with Crippen LogP contribution in [-0.4, -0.2) is 67.3 Å². The molecule has 1 N–H and O–H groups in total. The minimum absolute atomic E-state index is 0.0677. The summed E-state index contributed by atoms with van der Waals surface area (Å²) in [6.07, 6.45) is 0.813. The number of ether oxygens (including phenoxy) is 1. The maximum absolute atomic E-state index is 12.5. The lowest BCUT2D eigenvalue weighted by molar-refractivity contribution is 0.0272. The van der Waals surface area contributed by atoms with Crippen LogP contribution < -0.4 is 0 Å². The van der Waals surface area contributed by atoms with E-state index < -0.39 is 13.9 Å². The summed E-state index contributed by atoms with van der Waals surface area (Å²) in [4.78, 5) is 14.3. The highest BCUT2D eigenvalue weighted by atomic mass is 32.2.